The molecule has 0 heterocycles. The molecule has 6 nitrogen and oxygen atoms in total. The van der Waals surface area contributed by atoms with Crippen LogP contribution in [0.3, 0.4) is 0 Å². The van der Waals surface area contributed by atoms with Crippen LogP contribution in [-0.4, -0.2) is 47.6 Å². The second kappa shape index (κ2) is 10.1. The molecule has 6 heteroatoms. The molecule has 10 atom stereocenters. The van der Waals surface area contributed by atoms with Crippen molar-refractivity contribution >= 4 is 11.9 Å². The average Bonchev–Trinajstić information content (AvgIpc) is 3.16. The van der Waals surface area contributed by atoms with Crippen LogP contribution >= 0.6 is 0 Å². The van der Waals surface area contributed by atoms with E-state index in [2.05, 4.69) is 20.8 Å². The molecule has 4 rings (SSSR count). The van der Waals surface area contributed by atoms with Crippen LogP contribution in [0.25, 0.3) is 0 Å². The quantitative estimate of drug-likeness (QED) is 0.524. The molecule has 0 bridgehead atoms. The van der Waals surface area contributed by atoms with Gasteiger partial charge in [0, 0.05) is 6.42 Å². The number of rotatable bonds is 7. The van der Waals surface area contributed by atoms with Gasteiger partial charge in [0.2, 0.25) is 0 Å². The van der Waals surface area contributed by atoms with Gasteiger partial charge in [-0.05, 0) is 98.2 Å². The smallest absolute Gasteiger partial charge is 0.344 e. The van der Waals surface area contributed by atoms with E-state index < -0.39 is 5.97 Å². The van der Waals surface area contributed by atoms with Crippen molar-refractivity contribution in [2.24, 2.45) is 46.3 Å². The largest absolute Gasteiger partial charge is 0.463 e. The summed E-state index contributed by atoms with van der Waals surface area (Å²) in [6.07, 6.45) is 9.13. The van der Waals surface area contributed by atoms with E-state index >= 15 is 0 Å². The molecule has 0 aromatic carbocycles. The molecular formula is C28H46O6. The number of fused-ring (bicyclic) bond motifs is 5. The van der Waals surface area contributed by atoms with Crippen LogP contribution in [0.1, 0.15) is 91.9 Å². The standard InChI is InChI=1S/C28H46O6/c1-5-33-25(32)16-34-24(31)12-9-17(2)19-10-11-20-26-21(15-23(30)28(19,20)4)27(3)13-7-6-8-18(27)14-22(26)29/h17-23,26,29-30H,5-16H2,1-4H3. The molecule has 0 aromatic rings. The Morgan fingerprint density at radius 3 is 2.50 bits per heavy atom. The SMILES string of the molecule is CCOC(=O)COC(=O)CCC(C)C1CCC2C3C(O)CC4CCCCC4(C)C3CC(O)C12C. The van der Waals surface area contributed by atoms with E-state index in [1.54, 1.807) is 6.92 Å². The monoisotopic (exact) mass is 478 g/mol. The Labute approximate surface area is 205 Å². The first-order chi connectivity index (χ1) is 16.1. The fourth-order valence-electron chi connectivity index (χ4n) is 9.15. The fraction of sp³-hybridized carbons (Fsp3) is 0.929. The van der Waals surface area contributed by atoms with E-state index in [1.165, 1.54) is 25.7 Å². The topological polar surface area (TPSA) is 93.1 Å². The summed E-state index contributed by atoms with van der Waals surface area (Å²) in [4.78, 5) is 23.6. The third kappa shape index (κ3) is 4.42. The van der Waals surface area contributed by atoms with Crippen molar-refractivity contribution in [3.8, 4) is 0 Å². The van der Waals surface area contributed by atoms with Crippen molar-refractivity contribution in [3.05, 3.63) is 0 Å². The molecule has 4 fully saturated rings. The lowest BCUT2D eigenvalue weighted by atomic mass is 9.43. The van der Waals surface area contributed by atoms with Crippen LogP contribution in [0, 0.1) is 46.3 Å². The van der Waals surface area contributed by atoms with Gasteiger partial charge in [-0.2, -0.15) is 0 Å². The van der Waals surface area contributed by atoms with Gasteiger partial charge in [-0.25, -0.2) is 4.79 Å². The van der Waals surface area contributed by atoms with E-state index in [-0.39, 0.29) is 60.5 Å². The molecule has 4 aliphatic rings. The Kier molecular flexibility index (Phi) is 7.69. The predicted octanol–water partition coefficient (Wildman–Crippen LogP) is 4.50. The molecule has 4 saturated carbocycles. The van der Waals surface area contributed by atoms with Crippen molar-refractivity contribution in [2.75, 3.05) is 13.2 Å². The van der Waals surface area contributed by atoms with Gasteiger partial charge in [0.05, 0.1) is 18.8 Å². The highest BCUT2D eigenvalue weighted by atomic mass is 16.6. The minimum atomic E-state index is -0.519. The summed E-state index contributed by atoms with van der Waals surface area (Å²) in [5.74, 6) is 1.29. The summed E-state index contributed by atoms with van der Waals surface area (Å²) < 4.78 is 9.88. The summed E-state index contributed by atoms with van der Waals surface area (Å²) >= 11 is 0. The average molecular weight is 479 g/mol. The van der Waals surface area contributed by atoms with Crippen LogP contribution in [0.15, 0.2) is 0 Å². The second-order valence-corrected chi connectivity index (χ2v) is 12.3. The lowest BCUT2D eigenvalue weighted by Gasteiger charge is -2.63. The Morgan fingerprint density at radius 2 is 1.76 bits per heavy atom. The Morgan fingerprint density at radius 1 is 1.00 bits per heavy atom. The first-order valence-corrected chi connectivity index (χ1v) is 13.8. The number of aliphatic hydroxyl groups excluding tert-OH is 2. The highest BCUT2D eigenvalue weighted by Gasteiger charge is 2.65. The van der Waals surface area contributed by atoms with Crippen molar-refractivity contribution in [3.63, 3.8) is 0 Å². The number of carbonyl (C=O) groups excluding carboxylic acids is 2. The summed E-state index contributed by atoms with van der Waals surface area (Å²) in [7, 11) is 0. The zero-order valence-electron chi connectivity index (χ0n) is 21.6. The zero-order valence-corrected chi connectivity index (χ0v) is 21.6. The number of esters is 2. The first-order valence-electron chi connectivity index (χ1n) is 13.8. The van der Waals surface area contributed by atoms with E-state index in [4.69, 9.17) is 9.47 Å². The van der Waals surface area contributed by atoms with E-state index in [0.29, 0.717) is 30.1 Å². The van der Waals surface area contributed by atoms with Gasteiger partial charge < -0.3 is 19.7 Å². The predicted molar refractivity (Wildman–Crippen MR) is 129 cm³/mol. The third-order valence-electron chi connectivity index (χ3n) is 10.9. The molecule has 4 aliphatic carbocycles. The lowest BCUT2D eigenvalue weighted by Crippen LogP contribution is -2.61. The van der Waals surface area contributed by atoms with Crippen LogP contribution in [0.5, 0.6) is 0 Å². The fourth-order valence-corrected chi connectivity index (χ4v) is 9.15. The normalized spacial score (nSPS) is 44.4. The molecule has 2 N–H and O–H groups in total. The van der Waals surface area contributed by atoms with Crippen molar-refractivity contribution in [1.29, 1.82) is 0 Å². The Balaban J connectivity index is 1.42. The van der Waals surface area contributed by atoms with Crippen molar-refractivity contribution < 1.29 is 29.3 Å². The lowest BCUT2D eigenvalue weighted by molar-refractivity contribution is -0.201. The van der Waals surface area contributed by atoms with E-state index in [9.17, 15) is 19.8 Å². The maximum Gasteiger partial charge on any atom is 0.344 e. The minimum absolute atomic E-state index is 0.228. The number of ether oxygens (including phenoxy) is 2. The van der Waals surface area contributed by atoms with Gasteiger partial charge in [-0.1, -0.05) is 33.6 Å². The molecule has 34 heavy (non-hydrogen) atoms. The summed E-state index contributed by atoms with van der Waals surface area (Å²) in [5.41, 5.74) is 0.0190. The van der Waals surface area contributed by atoms with Crippen molar-refractivity contribution in [1.82, 2.24) is 0 Å². The van der Waals surface area contributed by atoms with Gasteiger partial charge in [0.15, 0.2) is 6.61 Å². The van der Waals surface area contributed by atoms with Gasteiger partial charge in [-0.15, -0.1) is 0 Å². The molecule has 0 saturated heterocycles. The van der Waals surface area contributed by atoms with Crippen LogP contribution in [0.4, 0.5) is 0 Å². The molecule has 194 valence electrons. The van der Waals surface area contributed by atoms with Gasteiger partial charge in [0.1, 0.15) is 0 Å². The Hall–Kier alpha value is -1.14. The van der Waals surface area contributed by atoms with Crippen LogP contribution in [-0.2, 0) is 19.1 Å². The van der Waals surface area contributed by atoms with Crippen molar-refractivity contribution in [2.45, 2.75) is 104 Å². The Bertz CT molecular complexity index is 753. The molecule has 10 unspecified atom stereocenters. The highest BCUT2D eigenvalue weighted by Crippen LogP contribution is 2.68. The number of hydrogen-bond acceptors (Lipinski definition) is 6. The number of carbonyl (C=O) groups is 2. The maximum absolute atomic E-state index is 12.2. The third-order valence-corrected chi connectivity index (χ3v) is 10.9. The number of aliphatic hydroxyl groups is 2. The summed E-state index contributed by atoms with van der Waals surface area (Å²) in [5, 5.41) is 23.0. The molecule has 0 radical (unpaired) electrons. The first kappa shape index (κ1) is 25.9. The van der Waals surface area contributed by atoms with Crippen LogP contribution < -0.4 is 0 Å². The van der Waals surface area contributed by atoms with Gasteiger partial charge in [0.25, 0.3) is 0 Å². The summed E-state index contributed by atoms with van der Waals surface area (Å²) in [6.45, 7) is 8.56. The van der Waals surface area contributed by atoms with Gasteiger partial charge in [-0.3, -0.25) is 4.79 Å². The van der Waals surface area contributed by atoms with Gasteiger partial charge >= 0.3 is 11.9 Å². The zero-order chi connectivity index (χ0) is 24.7. The molecule has 0 spiro atoms. The molecule has 0 aromatic heterocycles. The molecular weight excluding hydrogens is 432 g/mol. The summed E-state index contributed by atoms with van der Waals surface area (Å²) in [6, 6.07) is 0. The van der Waals surface area contributed by atoms with Crippen LogP contribution in [0.2, 0.25) is 0 Å². The molecule has 0 amide bonds. The minimum Gasteiger partial charge on any atom is -0.463 e. The van der Waals surface area contributed by atoms with E-state index in [1.807, 2.05) is 0 Å². The molecule has 0 aliphatic heterocycles. The maximum atomic E-state index is 12.2. The second-order valence-electron chi connectivity index (χ2n) is 12.3. The number of hydrogen-bond donors (Lipinski definition) is 2. The highest BCUT2D eigenvalue weighted by molar-refractivity contribution is 5.76. The van der Waals surface area contributed by atoms with E-state index in [0.717, 1.165) is 25.7 Å².